The second-order valence-electron chi connectivity index (χ2n) is 7.23. The molecule has 2 aromatic heterocycles. The molecule has 0 radical (unpaired) electrons. The zero-order chi connectivity index (χ0) is 21.1. The smallest absolute Gasteiger partial charge is 0.229 e. The molecular formula is C17H25N7O4S2. The minimum Gasteiger partial charge on any atom is -0.378 e. The molecule has 2 N–H and O–H groups in total. The first kappa shape index (κ1) is 21.3. The fraction of sp³-hybridized carbons (Fsp3) is 0.647. The summed E-state index contributed by atoms with van der Waals surface area (Å²) >= 11 is 1.31. The second kappa shape index (κ2) is 9.06. The Kier molecular flexibility index (Phi) is 6.43. The van der Waals surface area contributed by atoms with Crippen molar-refractivity contribution in [1.29, 1.82) is 0 Å². The predicted molar refractivity (Wildman–Crippen MR) is 113 cm³/mol. The molecule has 0 aromatic carbocycles. The number of hydrogen-bond acceptors (Lipinski definition) is 11. The molecule has 30 heavy (non-hydrogen) atoms. The summed E-state index contributed by atoms with van der Waals surface area (Å²) in [5, 5.41) is 0.444. The van der Waals surface area contributed by atoms with Crippen LogP contribution in [0.2, 0.25) is 0 Å². The van der Waals surface area contributed by atoms with Crippen molar-refractivity contribution < 1.29 is 17.9 Å². The number of sulfonamides is 1. The molecule has 0 spiro atoms. The van der Waals surface area contributed by atoms with Gasteiger partial charge in [0.05, 0.1) is 36.6 Å². The summed E-state index contributed by atoms with van der Waals surface area (Å²) in [6, 6.07) is 0. The monoisotopic (exact) mass is 455 g/mol. The van der Waals surface area contributed by atoms with Gasteiger partial charge in [-0.3, -0.25) is 0 Å². The largest absolute Gasteiger partial charge is 0.378 e. The van der Waals surface area contributed by atoms with Crippen molar-refractivity contribution in [3.05, 3.63) is 12.0 Å². The van der Waals surface area contributed by atoms with Gasteiger partial charge in [0.15, 0.2) is 16.8 Å². The van der Waals surface area contributed by atoms with Gasteiger partial charge in [0.1, 0.15) is 6.61 Å². The van der Waals surface area contributed by atoms with Gasteiger partial charge >= 0.3 is 0 Å². The molecule has 1 atom stereocenters. The molecule has 0 amide bonds. The molecule has 1 unspecified atom stereocenters. The number of morpholine rings is 1. The maximum absolute atomic E-state index is 11.8. The van der Waals surface area contributed by atoms with Gasteiger partial charge in [-0.05, 0) is 12.8 Å². The Balaban J connectivity index is 1.52. The summed E-state index contributed by atoms with van der Waals surface area (Å²) in [7, 11) is -3.23. The number of rotatable bonds is 6. The summed E-state index contributed by atoms with van der Waals surface area (Å²) in [4.78, 5) is 20.6. The third kappa shape index (κ3) is 5.21. The van der Waals surface area contributed by atoms with E-state index in [0.717, 1.165) is 17.7 Å². The Morgan fingerprint density at radius 2 is 2.07 bits per heavy atom. The standard InChI is InChI=1S/C17H25N7O4S2/c1-30(25,26)24-4-2-3-12(10-24)28-11-14-20-15(13-9-19-16(18)29-13)22-17(21-14)23-5-7-27-8-6-23/h9,12H,2-8,10-11H2,1H3,(H2,18,19). The van der Waals surface area contributed by atoms with Gasteiger partial charge in [0, 0.05) is 26.2 Å². The van der Waals surface area contributed by atoms with Crippen molar-refractivity contribution >= 4 is 32.4 Å². The van der Waals surface area contributed by atoms with E-state index in [2.05, 4.69) is 24.8 Å². The molecule has 0 aliphatic carbocycles. The van der Waals surface area contributed by atoms with Crippen LogP contribution in [0.4, 0.5) is 11.1 Å². The highest BCUT2D eigenvalue weighted by Crippen LogP contribution is 2.26. The molecule has 0 saturated carbocycles. The lowest BCUT2D eigenvalue weighted by Crippen LogP contribution is -2.42. The second-order valence-corrected chi connectivity index (χ2v) is 10.3. The van der Waals surface area contributed by atoms with Crippen LogP contribution >= 0.6 is 11.3 Å². The number of ether oxygens (including phenoxy) is 2. The highest BCUT2D eigenvalue weighted by molar-refractivity contribution is 7.88. The minimum atomic E-state index is -3.23. The molecule has 4 heterocycles. The number of piperidine rings is 1. The minimum absolute atomic E-state index is 0.170. The Morgan fingerprint density at radius 3 is 2.77 bits per heavy atom. The van der Waals surface area contributed by atoms with Crippen molar-refractivity contribution in [3.8, 4) is 10.7 Å². The molecule has 2 aliphatic heterocycles. The first-order valence-corrected chi connectivity index (χ1v) is 12.4. The van der Waals surface area contributed by atoms with Crippen molar-refractivity contribution in [2.75, 3.05) is 56.3 Å². The van der Waals surface area contributed by atoms with Crippen LogP contribution in [0.1, 0.15) is 18.7 Å². The summed E-state index contributed by atoms with van der Waals surface area (Å²) in [6.07, 6.45) is 4.24. The number of aromatic nitrogens is 4. The zero-order valence-electron chi connectivity index (χ0n) is 16.7. The van der Waals surface area contributed by atoms with Crippen LogP contribution < -0.4 is 10.6 Å². The van der Waals surface area contributed by atoms with E-state index in [0.29, 0.717) is 62.1 Å². The zero-order valence-corrected chi connectivity index (χ0v) is 18.4. The van der Waals surface area contributed by atoms with E-state index in [1.165, 1.54) is 21.9 Å². The first-order valence-electron chi connectivity index (χ1n) is 9.74. The number of hydrogen-bond donors (Lipinski definition) is 1. The average Bonchev–Trinajstić information content (AvgIpc) is 3.19. The van der Waals surface area contributed by atoms with Gasteiger partial charge in [0.25, 0.3) is 0 Å². The molecule has 2 fully saturated rings. The van der Waals surface area contributed by atoms with E-state index < -0.39 is 10.0 Å². The molecule has 2 aromatic rings. The molecule has 2 saturated heterocycles. The lowest BCUT2D eigenvalue weighted by molar-refractivity contribution is 0.00517. The van der Waals surface area contributed by atoms with E-state index in [-0.39, 0.29) is 12.7 Å². The van der Waals surface area contributed by atoms with E-state index in [4.69, 9.17) is 15.2 Å². The third-order valence-corrected chi connectivity index (χ3v) is 7.06. The van der Waals surface area contributed by atoms with Crippen LogP contribution in [0.3, 0.4) is 0 Å². The van der Waals surface area contributed by atoms with Gasteiger partial charge in [-0.1, -0.05) is 11.3 Å². The normalized spacial score (nSPS) is 21.1. The Morgan fingerprint density at radius 1 is 1.27 bits per heavy atom. The summed E-state index contributed by atoms with van der Waals surface area (Å²) < 4.78 is 36.5. The van der Waals surface area contributed by atoms with Crippen LogP contribution in [0.25, 0.3) is 10.7 Å². The molecular weight excluding hydrogens is 430 g/mol. The van der Waals surface area contributed by atoms with Gasteiger partial charge in [-0.25, -0.2) is 18.4 Å². The summed E-state index contributed by atoms with van der Waals surface area (Å²) in [6.45, 7) is 3.67. The lowest BCUT2D eigenvalue weighted by atomic mass is 10.1. The highest BCUT2D eigenvalue weighted by Gasteiger charge is 2.27. The lowest BCUT2D eigenvalue weighted by Gasteiger charge is -2.30. The molecule has 2 aliphatic rings. The highest BCUT2D eigenvalue weighted by atomic mass is 32.2. The van der Waals surface area contributed by atoms with Crippen LogP contribution in [0.15, 0.2) is 6.20 Å². The third-order valence-electron chi connectivity index (χ3n) is 4.97. The average molecular weight is 456 g/mol. The van der Waals surface area contributed by atoms with Crippen molar-refractivity contribution in [3.63, 3.8) is 0 Å². The maximum Gasteiger partial charge on any atom is 0.229 e. The number of nitrogens with zero attached hydrogens (tertiary/aromatic N) is 6. The summed E-state index contributed by atoms with van der Waals surface area (Å²) in [5.74, 6) is 1.56. The quantitative estimate of drug-likeness (QED) is 0.650. The van der Waals surface area contributed by atoms with Gasteiger partial charge in [-0.15, -0.1) is 0 Å². The van der Waals surface area contributed by atoms with E-state index in [9.17, 15) is 8.42 Å². The fourth-order valence-electron chi connectivity index (χ4n) is 3.41. The Labute approximate surface area is 179 Å². The molecule has 11 nitrogen and oxygen atoms in total. The Bertz CT molecular complexity index is 978. The van der Waals surface area contributed by atoms with Crippen LogP contribution in [-0.4, -0.2) is 84.4 Å². The van der Waals surface area contributed by atoms with Gasteiger partial charge in [-0.2, -0.15) is 14.3 Å². The number of anilines is 2. The van der Waals surface area contributed by atoms with E-state index in [1.807, 2.05) is 0 Å². The first-order chi connectivity index (χ1) is 14.4. The predicted octanol–water partition coefficient (Wildman–Crippen LogP) is 0.355. The van der Waals surface area contributed by atoms with Crippen LogP contribution in [0.5, 0.6) is 0 Å². The van der Waals surface area contributed by atoms with Crippen molar-refractivity contribution in [2.45, 2.75) is 25.6 Å². The van der Waals surface area contributed by atoms with Crippen LogP contribution in [-0.2, 0) is 26.1 Å². The number of thiazole rings is 1. The molecule has 4 rings (SSSR count). The van der Waals surface area contributed by atoms with Crippen molar-refractivity contribution in [1.82, 2.24) is 24.2 Å². The topological polar surface area (TPSA) is 137 Å². The summed E-state index contributed by atoms with van der Waals surface area (Å²) in [5.41, 5.74) is 5.77. The molecule has 0 bridgehead atoms. The van der Waals surface area contributed by atoms with Gasteiger partial charge in [0.2, 0.25) is 16.0 Å². The van der Waals surface area contributed by atoms with Crippen LogP contribution in [0, 0.1) is 0 Å². The van der Waals surface area contributed by atoms with Gasteiger partial charge < -0.3 is 20.1 Å². The van der Waals surface area contributed by atoms with Crippen molar-refractivity contribution in [2.24, 2.45) is 0 Å². The number of nitrogen functional groups attached to an aromatic ring is 1. The number of nitrogens with two attached hydrogens (primary N) is 1. The fourth-order valence-corrected chi connectivity index (χ4v) is 4.93. The SMILES string of the molecule is CS(=O)(=O)N1CCCC(OCc2nc(-c3cnc(N)s3)nc(N3CCOCC3)n2)C1. The van der Waals surface area contributed by atoms with E-state index >= 15 is 0 Å². The molecule has 164 valence electrons. The maximum atomic E-state index is 11.8. The van der Waals surface area contributed by atoms with E-state index in [1.54, 1.807) is 6.20 Å². The molecule has 13 heteroatoms. The Hall–Kier alpha value is -1.93.